The van der Waals surface area contributed by atoms with Crippen LogP contribution in [0.2, 0.25) is 5.28 Å². The molecule has 0 unspecified atom stereocenters. The SMILES string of the molecule is C=C(NCCCn1nnc(Cc2ccc(F)cc2)n1)c1[nH]c(Cl)nc1NCCCC(F)(F)F. The van der Waals surface area contributed by atoms with Gasteiger partial charge in [-0.25, -0.2) is 9.37 Å². The summed E-state index contributed by atoms with van der Waals surface area (Å²) in [7, 11) is 0. The van der Waals surface area contributed by atoms with Crippen LogP contribution in [0.5, 0.6) is 0 Å². The van der Waals surface area contributed by atoms with E-state index >= 15 is 0 Å². The standard InChI is InChI=1S/C20H23ClF4N8/c1-13(17-18(29-19(21)28-17)27-9-2-8-20(23,24)25)26-10-3-11-33-31-16(30-32-33)12-14-4-6-15(22)7-5-14/h4-7,26-27H,1-3,8-12H2,(H,28,29). The first-order valence-electron chi connectivity index (χ1n) is 10.2. The zero-order chi connectivity index (χ0) is 23.8. The van der Waals surface area contributed by atoms with Crippen LogP contribution in [0.25, 0.3) is 5.70 Å². The second kappa shape index (κ2) is 11.1. The van der Waals surface area contributed by atoms with Crippen LogP contribution in [0, 0.1) is 5.82 Å². The van der Waals surface area contributed by atoms with Gasteiger partial charge in [0.15, 0.2) is 11.6 Å². The molecule has 0 saturated heterocycles. The number of nitrogens with zero attached hydrogens (tertiary/aromatic N) is 5. The Morgan fingerprint density at radius 2 is 1.91 bits per heavy atom. The lowest BCUT2D eigenvalue weighted by atomic mass is 10.1. The van der Waals surface area contributed by atoms with E-state index in [2.05, 4.69) is 42.6 Å². The molecular weight excluding hydrogens is 464 g/mol. The van der Waals surface area contributed by atoms with Crippen molar-refractivity contribution in [3.63, 3.8) is 0 Å². The summed E-state index contributed by atoms with van der Waals surface area (Å²) < 4.78 is 49.8. The predicted molar refractivity (Wildman–Crippen MR) is 116 cm³/mol. The summed E-state index contributed by atoms with van der Waals surface area (Å²) in [6, 6.07) is 6.11. The van der Waals surface area contributed by atoms with Crippen LogP contribution in [0.1, 0.15) is 36.3 Å². The van der Waals surface area contributed by atoms with Crippen LogP contribution >= 0.6 is 11.6 Å². The second-order valence-corrected chi connectivity index (χ2v) is 7.62. The summed E-state index contributed by atoms with van der Waals surface area (Å²) in [5.41, 5.74) is 1.86. The number of aromatic amines is 1. The molecule has 0 amide bonds. The first-order valence-corrected chi connectivity index (χ1v) is 10.6. The minimum atomic E-state index is -4.19. The van der Waals surface area contributed by atoms with Crippen molar-refractivity contribution >= 4 is 23.1 Å². The lowest BCUT2D eigenvalue weighted by Crippen LogP contribution is -2.17. The summed E-state index contributed by atoms with van der Waals surface area (Å²) in [6.45, 7) is 5.06. The number of alkyl halides is 3. The summed E-state index contributed by atoms with van der Waals surface area (Å²) in [5, 5.41) is 18.4. The van der Waals surface area contributed by atoms with Crippen molar-refractivity contribution in [2.24, 2.45) is 0 Å². The van der Waals surface area contributed by atoms with Crippen molar-refractivity contribution in [1.82, 2.24) is 35.5 Å². The lowest BCUT2D eigenvalue weighted by molar-refractivity contribution is -0.134. The molecule has 2 heterocycles. The molecule has 3 N–H and O–H groups in total. The Kier molecular flexibility index (Phi) is 8.26. The molecule has 3 aromatic rings. The average Bonchev–Trinajstić information content (AvgIpc) is 3.35. The van der Waals surface area contributed by atoms with Crippen molar-refractivity contribution in [3.05, 3.63) is 59.0 Å². The fraction of sp³-hybridized carbons (Fsp3) is 0.400. The number of hydrogen-bond acceptors (Lipinski definition) is 6. The number of H-pyrrole nitrogens is 1. The number of hydrogen-bond donors (Lipinski definition) is 3. The van der Waals surface area contributed by atoms with Gasteiger partial charge in [0.25, 0.3) is 0 Å². The number of benzene rings is 1. The van der Waals surface area contributed by atoms with Gasteiger partial charge in [-0.3, -0.25) is 0 Å². The number of anilines is 1. The maximum absolute atomic E-state index is 13.0. The lowest BCUT2D eigenvalue weighted by Gasteiger charge is -2.11. The van der Waals surface area contributed by atoms with Gasteiger partial charge in [0.1, 0.15) is 11.5 Å². The smallest absolute Gasteiger partial charge is 0.384 e. The molecule has 0 saturated carbocycles. The Labute approximate surface area is 192 Å². The molecule has 0 aliphatic heterocycles. The highest BCUT2D eigenvalue weighted by molar-refractivity contribution is 6.28. The number of rotatable bonds is 12. The third-order valence-electron chi connectivity index (χ3n) is 4.55. The monoisotopic (exact) mass is 486 g/mol. The summed E-state index contributed by atoms with van der Waals surface area (Å²) in [4.78, 5) is 8.36. The molecule has 0 atom stereocenters. The van der Waals surface area contributed by atoms with Crippen molar-refractivity contribution in [2.45, 2.75) is 38.4 Å². The van der Waals surface area contributed by atoms with E-state index in [1.807, 2.05) is 0 Å². The highest BCUT2D eigenvalue weighted by Gasteiger charge is 2.26. The Morgan fingerprint density at radius 1 is 1.15 bits per heavy atom. The Hall–Kier alpha value is -3.15. The molecule has 8 nitrogen and oxygen atoms in total. The Bertz CT molecular complexity index is 1050. The van der Waals surface area contributed by atoms with Gasteiger partial charge in [-0.05, 0) is 47.4 Å². The van der Waals surface area contributed by atoms with Gasteiger partial charge in [-0.15, -0.1) is 10.2 Å². The first kappa shape index (κ1) is 24.5. The minimum Gasteiger partial charge on any atom is -0.384 e. The number of tetrazole rings is 1. The predicted octanol–water partition coefficient (Wildman–Crippen LogP) is 4.18. The summed E-state index contributed by atoms with van der Waals surface area (Å²) in [5.74, 6) is 0.571. The van der Waals surface area contributed by atoms with Crippen molar-refractivity contribution < 1.29 is 17.6 Å². The van der Waals surface area contributed by atoms with Gasteiger partial charge in [-0.2, -0.15) is 18.0 Å². The summed E-state index contributed by atoms with van der Waals surface area (Å²) in [6.07, 6.45) is -4.05. The topological polar surface area (TPSA) is 96.3 Å². The average molecular weight is 487 g/mol. The van der Waals surface area contributed by atoms with Gasteiger partial charge < -0.3 is 15.6 Å². The van der Waals surface area contributed by atoms with Crippen LogP contribution in [0.3, 0.4) is 0 Å². The largest absolute Gasteiger partial charge is 0.389 e. The molecular formula is C20H23ClF4N8. The highest BCUT2D eigenvalue weighted by atomic mass is 35.5. The second-order valence-electron chi connectivity index (χ2n) is 7.26. The van der Waals surface area contributed by atoms with Gasteiger partial charge in [0, 0.05) is 25.9 Å². The molecule has 0 radical (unpaired) electrons. The molecule has 3 rings (SSSR count). The molecule has 13 heteroatoms. The maximum Gasteiger partial charge on any atom is 0.389 e. The third-order valence-corrected chi connectivity index (χ3v) is 4.73. The van der Waals surface area contributed by atoms with Crippen LogP contribution in [-0.2, 0) is 13.0 Å². The molecule has 0 spiro atoms. The zero-order valence-electron chi connectivity index (χ0n) is 17.6. The van der Waals surface area contributed by atoms with Gasteiger partial charge in [0.05, 0.1) is 12.2 Å². The van der Waals surface area contributed by atoms with Gasteiger partial charge in [-0.1, -0.05) is 18.7 Å². The van der Waals surface area contributed by atoms with E-state index in [9.17, 15) is 17.6 Å². The van der Waals surface area contributed by atoms with E-state index in [-0.39, 0.29) is 24.1 Å². The van der Waals surface area contributed by atoms with E-state index in [1.54, 1.807) is 12.1 Å². The summed E-state index contributed by atoms with van der Waals surface area (Å²) >= 11 is 5.90. The van der Waals surface area contributed by atoms with E-state index in [4.69, 9.17) is 11.6 Å². The van der Waals surface area contributed by atoms with E-state index in [0.717, 1.165) is 5.56 Å². The van der Waals surface area contributed by atoms with Crippen LogP contribution < -0.4 is 10.6 Å². The molecule has 33 heavy (non-hydrogen) atoms. The quantitative estimate of drug-likeness (QED) is 0.262. The number of aromatic nitrogens is 6. The van der Waals surface area contributed by atoms with Crippen LogP contribution in [0.4, 0.5) is 23.4 Å². The molecule has 0 fully saturated rings. The van der Waals surface area contributed by atoms with Crippen molar-refractivity contribution in [1.29, 1.82) is 0 Å². The number of halogens is 5. The normalized spacial score (nSPS) is 11.5. The molecule has 0 aliphatic rings. The first-order chi connectivity index (χ1) is 15.7. The van der Waals surface area contributed by atoms with E-state index in [0.29, 0.717) is 49.0 Å². The van der Waals surface area contributed by atoms with Crippen molar-refractivity contribution in [2.75, 3.05) is 18.4 Å². The zero-order valence-corrected chi connectivity index (χ0v) is 18.3. The molecule has 0 aliphatic carbocycles. The van der Waals surface area contributed by atoms with Gasteiger partial charge in [0.2, 0.25) is 5.28 Å². The Balaban J connectivity index is 1.42. The van der Waals surface area contributed by atoms with E-state index in [1.165, 1.54) is 16.9 Å². The number of imidazole rings is 1. The molecule has 1 aromatic carbocycles. The molecule has 178 valence electrons. The molecule has 0 bridgehead atoms. The van der Waals surface area contributed by atoms with E-state index < -0.39 is 12.6 Å². The third kappa shape index (κ3) is 8.04. The fourth-order valence-corrected chi connectivity index (χ4v) is 3.14. The Morgan fingerprint density at radius 3 is 2.64 bits per heavy atom. The van der Waals surface area contributed by atoms with Crippen molar-refractivity contribution in [3.8, 4) is 0 Å². The van der Waals surface area contributed by atoms with Gasteiger partial charge >= 0.3 is 6.18 Å². The van der Waals surface area contributed by atoms with Crippen LogP contribution in [0.15, 0.2) is 30.8 Å². The fourth-order valence-electron chi connectivity index (χ4n) is 2.96. The highest BCUT2D eigenvalue weighted by Crippen LogP contribution is 2.23. The number of nitrogens with one attached hydrogen (secondary N) is 3. The maximum atomic E-state index is 13.0. The van der Waals surface area contributed by atoms with Crippen LogP contribution in [-0.4, -0.2) is 49.4 Å². The number of aryl methyl sites for hydroxylation is 1. The minimum absolute atomic E-state index is 0.0820. The molecule has 2 aromatic heterocycles.